The second kappa shape index (κ2) is 5.94. The Morgan fingerprint density at radius 3 is 3.10 bits per heavy atom. The van der Waals surface area contributed by atoms with E-state index in [1.807, 2.05) is 30.0 Å². The first-order chi connectivity index (χ1) is 10.1. The maximum atomic E-state index is 12.8. The Morgan fingerprint density at radius 1 is 1.52 bits per heavy atom. The van der Waals surface area contributed by atoms with Crippen LogP contribution in [0.15, 0.2) is 22.7 Å². The fourth-order valence-corrected chi connectivity index (χ4v) is 4.44. The van der Waals surface area contributed by atoms with Crippen molar-refractivity contribution in [2.24, 2.45) is 0 Å². The number of amides is 1. The summed E-state index contributed by atoms with van der Waals surface area (Å²) < 4.78 is 7.56. The first kappa shape index (κ1) is 14.8. The van der Waals surface area contributed by atoms with Gasteiger partial charge in [-0.15, -0.1) is 11.3 Å². The zero-order chi connectivity index (χ0) is 15.0. The molecule has 4 nitrogen and oxygen atoms in total. The molecule has 1 amide bonds. The fourth-order valence-electron chi connectivity index (χ4n) is 2.61. The Morgan fingerprint density at radius 2 is 2.33 bits per heavy atom. The first-order valence-corrected chi connectivity index (χ1v) is 8.56. The number of fused-ring (bicyclic) bond motifs is 1. The van der Waals surface area contributed by atoms with Gasteiger partial charge >= 0.3 is 0 Å². The summed E-state index contributed by atoms with van der Waals surface area (Å²) >= 11 is 4.97. The highest BCUT2D eigenvalue weighted by molar-refractivity contribution is 9.10. The second-order valence-corrected chi connectivity index (χ2v) is 7.15. The molecule has 1 aromatic carbocycles. The van der Waals surface area contributed by atoms with E-state index in [1.165, 1.54) is 11.3 Å². The SMILES string of the molecule is CC1CN(C(=O)c2sc3cccc(Br)c3c2N)CCCO1. The maximum absolute atomic E-state index is 12.8. The lowest BCUT2D eigenvalue weighted by Crippen LogP contribution is -2.35. The van der Waals surface area contributed by atoms with Crippen LogP contribution in [0.4, 0.5) is 5.69 Å². The highest BCUT2D eigenvalue weighted by Crippen LogP contribution is 2.38. The number of rotatable bonds is 1. The number of nitrogens with two attached hydrogens (primary N) is 1. The van der Waals surface area contributed by atoms with Crippen LogP contribution in [0.5, 0.6) is 0 Å². The molecule has 0 radical (unpaired) electrons. The molecule has 2 N–H and O–H groups in total. The molecule has 1 aromatic heterocycles. The van der Waals surface area contributed by atoms with Gasteiger partial charge in [-0.05, 0) is 25.5 Å². The summed E-state index contributed by atoms with van der Waals surface area (Å²) in [6.07, 6.45) is 0.934. The number of hydrogen-bond acceptors (Lipinski definition) is 4. The van der Waals surface area contributed by atoms with Crippen LogP contribution in [0.2, 0.25) is 0 Å². The van der Waals surface area contributed by atoms with Gasteiger partial charge in [0, 0.05) is 34.3 Å². The highest BCUT2D eigenvalue weighted by Gasteiger charge is 2.25. The zero-order valence-electron chi connectivity index (χ0n) is 11.8. The molecule has 0 bridgehead atoms. The van der Waals surface area contributed by atoms with Crippen LogP contribution < -0.4 is 5.73 Å². The van der Waals surface area contributed by atoms with E-state index in [2.05, 4.69) is 15.9 Å². The Kier molecular flexibility index (Phi) is 4.19. The summed E-state index contributed by atoms with van der Waals surface area (Å²) in [5, 5.41) is 0.935. The number of nitrogen functional groups attached to an aromatic ring is 1. The number of hydrogen-bond donors (Lipinski definition) is 1. The van der Waals surface area contributed by atoms with Gasteiger partial charge in [-0.25, -0.2) is 0 Å². The third kappa shape index (κ3) is 2.80. The second-order valence-electron chi connectivity index (χ2n) is 5.24. The van der Waals surface area contributed by atoms with Crippen molar-refractivity contribution in [3.05, 3.63) is 27.5 Å². The third-order valence-corrected chi connectivity index (χ3v) is 5.45. The van der Waals surface area contributed by atoms with Crippen molar-refractivity contribution in [3.63, 3.8) is 0 Å². The third-order valence-electron chi connectivity index (χ3n) is 3.64. The van der Waals surface area contributed by atoms with Gasteiger partial charge in [-0.1, -0.05) is 22.0 Å². The number of carbonyl (C=O) groups excluding carboxylic acids is 1. The number of halogens is 1. The molecule has 0 aliphatic carbocycles. The molecule has 1 saturated heterocycles. The lowest BCUT2D eigenvalue weighted by Gasteiger charge is -2.21. The standard InChI is InChI=1S/C15H17BrN2O2S/c1-9-8-18(6-3-7-20-9)15(19)14-13(17)12-10(16)4-2-5-11(12)21-14/h2,4-5,9H,3,6-8,17H2,1H3. The summed E-state index contributed by atoms with van der Waals surface area (Å²) in [7, 11) is 0. The van der Waals surface area contributed by atoms with Gasteiger partial charge in [0.1, 0.15) is 4.88 Å². The lowest BCUT2D eigenvalue weighted by atomic mass is 10.2. The summed E-state index contributed by atoms with van der Waals surface area (Å²) in [5.74, 6) is 0.0120. The van der Waals surface area contributed by atoms with Gasteiger partial charge < -0.3 is 15.4 Å². The van der Waals surface area contributed by atoms with E-state index in [0.29, 0.717) is 23.7 Å². The minimum Gasteiger partial charge on any atom is -0.397 e. The van der Waals surface area contributed by atoms with Crippen LogP contribution in [-0.4, -0.2) is 36.6 Å². The van der Waals surface area contributed by atoms with Crippen LogP contribution >= 0.6 is 27.3 Å². The molecule has 1 unspecified atom stereocenters. The van der Waals surface area contributed by atoms with Crippen LogP contribution in [0, 0.1) is 0 Å². The van der Waals surface area contributed by atoms with Crippen molar-refractivity contribution in [2.45, 2.75) is 19.4 Å². The van der Waals surface area contributed by atoms with Gasteiger partial charge in [-0.3, -0.25) is 4.79 Å². The van der Waals surface area contributed by atoms with Crippen LogP contribution in [0.1, 0.15) is 23.0 Å². The molecule has 2 aromatic rings. The molecule has 6 heteroatoms. The monoisotopic (exact) mass is 368 g/mol. The summed E-state index contributed by atoms with van der Waals surface area (Å²) in [4.78, 5) is 15.3. The predicted octanol–water partition coefficient (Wildman–Crippen LogP) is 3.50. The van der Waals surface area contributed by atoms with E-state index in [0.717, 1.165) is 27.5 Å². The van der Waals surface area contributed by atoms with Crippen molar-refractivity contribution < 1.29 is 9.53 Å². The lowest BCUT2D eigenvalue weighted by molar-refractivity contribution is 0.0566. The van der Waals surface area contributed by atoms with Gasteiger partial charge in [0.05, 0.1) is 11.8 Å². The Balaban J connectivity index is 1.98. The maximum Gasteiger partial charge on any atom is 0.266 e. The highest BCUT2D eigenvalue weighted by atomic mass is 79.9. The van der Waals surface area contributed by atoms with E-state index >= 15 is 0 Å². The Labute approximate surface area is 136 Å². The molecular weight excluding hydrogens is 352 g/mol. The average Bonchev–Trinajstić information content (AvgIpc) is 2.65. The first-order valence-electron chi connectivity index (χ1n) is 6.95. The molecule has 1 atom stereocenters. The van der Waals surface area contributed by atoms with E-state index in [4.69, 9.17) is 10.5 Å². The minimum absolute atomic E-state index is 0.0120. The smallest absolute Gasteiger partial charge is 0.266 e. The van der Waals surface area contributed by atoms with Crippen LogP contribution in [0.3, 0.4) is 0 Å². The van der Waals surface area contributed by atoms with Gasteiger partial charge in [0.2, 0.25) is 0 Å². The average molecular weight is 369 g/mol. The van der Waals surface area contributed by atoms with Gasteiger partial charge in [0.15, 0.2) is 0 Å². The molecule has 112 valence electrons. The molecule has 1 aliphatic rings. The van der Waals surface area contributed by atoms with Crippen LogP contribution in [0.25, 0.3) is 10.1 Å². The molecule has 3 rings (SSSR count). The van der Waals surface area contributed by atoms with Crippen molar-refractivity contribution in [2.75, 3.05) is 25.4 Å². The molecule has 1 fully saturated rings. The number of nitrogens with zero attached hydrogens (tertiary/aromatic N) is 1. The number of anilines is 1. The molecule has 0 spiro atoms. The Bertz CT molecular complexity index is 686. The van der Waals surface area contributed by atoms with Crippen molar-refractivity contribution in [3.8, 4) is 0 Å². The van der Waals surface area contributed by atoms with E-state index in [1.54, 1.807) is 0 Å². The summed E-state index contributed by atoms with van der Waals surface area (Å²) in [5.41, 5.74) is 6.80. The Hall–Kier alpha value is -1.11. The van der Waals surface area contributed by atoms with E-state index < -0.39 is 0 Å². The number of carbonyl (C=O) groups is 1. The summed E-state index contributed by atoms with van der Waals surface area (Å²) in [6, 6.07) is 5.89. The normalized spacial score (nSPS) is 19.7. The van der Waals surface area contributed by atoms with Crippen LogP contribution in [-0.2, 0) is 4.74 Å². The summed E-state index contributed by atoms with van der Waals surface area (Å²) in [6.45, 7) is 4.04. The molecule has 1 aliphatic heterocycles. The van der Waals surface area contributed by atoms with Crippen molar-refractivity contribution in [1.82, 2.24) is 4.90 Å². The van der Waals surface area contributed by atoms with E-state index in [9.17, 15) is 4.79 Å². The minimum atomic E-state index is 0.0120. The van der Waals surface area contributed by atoms with Crippen molar-refractivity contribution in [1.29, 1.82) is 0 Å². The fraction of sp³-hybridized carbons (Fsp3) is 0.400. The zero-order valence-corrected chi connectivity index (χ0v) is 14.2. The predicted molar refractivity (Wildman–Crippen MR) is 89.9 cm³/mol. The quantitative estimate of drug-likeness (QED) is 0.837. The van der Waals surface area contributed by atoms with E-state index in [-0.39, 0.29) is 12.0 Å². The number of ether oxygens (including phenoxy) is 1. The number of thiophene rings is 1. The molecule has 2 heterocycles. The topological polar surface area (TPSA) is 55.6 Å². The number of benzene rings is 1. The molecule has 0 saturated carbocycles. The largest absolute Gasteiger partial charge is 0.397 e. The van der Waals surface area contributed by atoms with Gasteiger partial charge in [0.25, 0.3) is 5.91 Å². The van der Waals surface area contributed by atoms with Crippen molar-refractivity contribution >= 4 is 48.9 Å². The molecule has 21 heavy (non-hydrogen) atoms. The van der Waals surface area contributed by atoms with Gasteiger partial charge in [-0.2, -0.15) is 0 Å². The molecular formula is C15H17BrN2O2S.